The second-order valence-electron chi connectivity index (χ2n) is 3.41. The number of aromatic nitrogens is 1. The first kappa shape index (κ1) is 10.5. The van der Waals surface area contributed by atoms with Gasteiger partial charge in [0.25, 0.3) is 0 Å². The zero-order valence-electron chi connectivity index (χ0n) is 8.07. The van der Waals surface area contributed by atoms with Crippen molar-refractivity contribution in [2.45, 2.75) is 12.2 Å². The van der Waals surface area contributed by atoms with Gasteiger partial charge in [-0.2, -0.15) is 0 Å². The van der Waals surface area contributed by atoms with Crippen LogP contribution < -0.4 is 0 Å². The van der Waals surface area contributed by atoms with Gasteiger partial charge in [0.15, 0.2) is 0 Å². The summed E-state index contributed by atoms with van der Waals surface area (Å²) in [7, 11) is 1.77. The van der Waals surface area contributed by atoms with Crippen molar-refractivity contribution in [1.29, 1.82) is 0 Å². The molecule has 2 rings (SSSR count). The lowest BCUT2D eigenvalue weighted by Crippen LogP contribution is -2.01. The Morgan fingerprint density at radius 2 is 2.00 bits per heavy atom. The molecule has 1 heterocycles. The van der Waals surface area contributed by atoms with E-state index in [0.717, 1.165) is 10.9 Å². The van der Waals surface area contributed by atoms with E-state index >= 15 is 0 Å². The van der Waals surface area contributed by atoms with Crippen molar-refractivity contribution in [3.8, 4) is 0 Å². The molecule has 0 saturated heterocycles. The lowest BCUT2D eigenvalue weighted by Gasteiger charge is -2.05. The maximum atomic E-state index is 11.2. The van der Waals surface area contributed by atoms with Crippen LogP contribution in [0.3, 0.4) is 0 Å². The largest absolute Gasteiger partial charge is 0.361 e. The number of halogens is 1. The zero-order chi connectivity index (χ0) is 11.1. The van der Waals surface area contributed by atoms with Gasteiger partial charge in [-0.1, -0.05) is 18.2 Å². The number of nitrogens with one attached hydrogen (secondary N) is 1. The molecule has 1 N–H and O–H groups in total. The highest BCUT2D eigenvalue weighted by atomic mass is 35.7. The summed E-state index contributed by atoms with van der Waals surface area (Å²) in [6, 6.07) is 7.53. The van der Waals surface area contributed by atoms with Gasteiger partial charge in [-0.15, -0.1) is 0 Å². The van der Waals surface area contributed by atoms with Crippen LogP contribution in [0.2, 0.25) is 0 Å². The quantitative estimate of drug-likeness (QED) is 0.825. The molecule has 1 atom stereocenters. The van der Waals surface area contributed by atoms with Gasteiger partial charge in [-0.05, 0) is 18.6 Å². The Kier molecular flexibility index (Phi) is 2.48. The Hall–Kier alpha value is -1.00. The van der Waals surface area contributed by atoms with Gasteiger partial charge in [-0.3, -0.25) is 0 Å². The van der Waals surface area contributed by atoms with Crippen LogP contribution in [0.5, 0.6) is 0 Å². The molecule has 0 aliphatic carbocycles. The molecule has 0 radical (unpaired) electrons. The lowest BCUT2D eigenvalue weighted by atomic mass is 10.1. The van der Waals surface area contributed by atoms with E-state index in [1.807, 2.05) is 24.3 Å². The zero-order valence-corrected chi connectivity index (χ0v) is 9.64. The summed E-state index contributed by atoms with van der Waals surface area (Å²) in [5, 5.41) is 0.199. The van der Waals surface area contributed by atoms with Gasteiger partial charge in [0.1, 0.15) is 5.25 Å². The van der Waals surface area contributed by atoms with E-state index in [0.29, 0.717) is 5.56 Å². The van der Waals surface area contributed by atoms with E-state index in [9.17, 15) is 8.42 Å². The van der Waals surface area contributed by atoms with E-state index in [-0.39, 0.29) is 0 Å². The van der Waals surface area contributed by atoms with E-state index < -0.39 is 14.3 Å². The monoisotopic (exact) mass is 243 g/mol. The van der Waals surface area contributed by atoms with Gasteiger partial charge in [-0.25, -0.2) is 8.42 Å². The highest BCUT2D eigenvalue weighted by Crippen LogP contribution is 2.30. The minimum Gasteiger partial charge on any atom is -0.361 e. The van der Waals surface area contributed by atoms with Crippen molar-refractivity contribution in [3.63, 3.8) is 0 Å². The van der Waals surface area contributed by atoms with Crippen LogP contribution >= 0.6 is 10.7 Å². The number of para-hydroxylation sites is 1. The third-order valence-electron chi connectivity index (χ3n) is 2.48. The third-order valence-corrected chi connectivity index (χ3v) is 4.38. The molecule has 1 aromatic carbocycles. The van der Waals surface area contributed by atoms with E-state index in [2.05, 4.69) is 4.98 Å². The van der Waals surface area contributed by atoms with Crippen molar-refractivity contribution < 1.29 is 8.42 Å². The second kappa shape index (κ2) is 3.54. The number of aromatic amines is 1. The maximum absolute atomic E-state index is 11.2. The number of rotatable bonds is 2. The standard InChI is InChI=1S/C10H10ClNO2S/c1-7(15(11,13)14)9-6-12-10-5-3-2-4-8(9)10/h2-7,12H,1H3. The Bertz CT molecular complexity index is 588. The molecule has 1 aromatic heterocycles. The molecule has 1 unspecified atom stereocenters. The van der Waals surface area contributed by atoms with Gasteiger partial charge in [0.2, 0.25) is 9.05 Å². The highest BCUT2D eigenvalue weighted by molar-refractivity contribution is 8.13. The van der Waals surface area contributed by atoms with Gasteiger partial charge in [0, 0.05) is 27.8 Å². The number of hydrogen-bond acceptors (Lipinski definition) is 2. The predicted molar refractivity (Wildman–Crippen MR) is 61.5 cm³/mol. The molecule has 3 nitrogen and oxygen atoms in total. The fraction of sp³-hybridized carbons (Fsp3) is 0.200. The van der Waals surface area contributed by atoms with Gasteiger partial charge in [0.05, 0.1) is 0 Å². The van der Waals surface area contributed by atoms with Gasteiger partial charge >= 0.3 is 0 Å². The Morgan fingerprint density at radius 3 is 2.67 bits per heavy atom. The van der Waals surface area contributed by atoms with Crippen LogP contribution in [0.4, 0.5) is 0 Å². The van der Waals surface area contributed by atoms with Crippen LogP contribution in [-0.4, -0.2) is 13.4 Å². The Balaban J connectivity index is 2.63. The average Bonchev–Trinajstić information content (AvgIpc) is 2.58. The van der Waals surface area contributed by atoms with E-state index in [1.54, 1.807) is 13.1 Å². The number of benzene rings is 1. The predicted octanol–water partition coefficient (Wildman–Crippen LogP) is 2.80. The Morgan fingerprint density at radius 1 is 1.33 bits per heavy atom. The fourth-order valence-electron chi connectivity index (χ4n) is 1.58. The van der Waals surface area contributed by atoms with Crippen LogP contribution in [0.25, 0.3) is 10.9 Å². The minimum absolute atomic E-state index is 0.699. The normalized spacial score (nSPS) is 14.3. The van der Waals surface area contributed by atoms with Crippen molar-refractivity contribution in [3.05, 3.63) is 36.0 Å². The molecule has 0 spiro atoms. The van der Waals surface area contributed by atoms with Crippen molar-refractivity contribution >= 4 is 30.6 Å². The van der Waals surface area contributed by atoms with Crippen molar-refractivity contribution in [2.75, 3.05) is 0 Å². The molecule has 2 aromatic rings. The fourth-order valence-corrected chi connectivity index (χ4v) is 2.37. The SMILES string of the molecule is CC(c1c[nH]c2ccccc12)S(=O)(=O)Cl. The lowest BCUT2D eigenvalue weighted by molar-refractivity contribution is 0.601. The number of fused-ring (bicyclic) bond motifs is 1. The molecule has 80 valence electrons. The first-order valence-corrected chi connectivity index (χ1v) is 6.87. The molecule has 0 bridgehead atoms. The Labute approximate surface area is 92.5 Å². The first-order chi connectivity index (χ1) is 7.00. The minimum atomic E-state index is -3.57. The van der Waals surface area contributed by atoms with Crippen molar-refractivity contribution in [2.24, 2.45) is 0 Å². The smallest absolute Gasteiger partial charge is 0.239 e. The summed E-state index contributed by atoms with van der Waals surface area (Å²) < 4.78 is 22.4. The number of H-pyrrole nitrogens is 1. The van der Waals surface area contributed by atoms with Crippen molar-refractivity contribution in [1.82, 2.24) is 4.98 Å². The maximum Gasteiger partial charge on any atom is 0.239 e. The third kappa shape index (κ3) is 1.87. The second-order valence-corrected chi connectivity index (χ2v) is 6.36. The molecule has 0 saturated carbocycles. The summed E-state index contributed by atoms with van der Waals surface area (Å²) >= 11 is 0. The topological polar surface area (TPSA) is 49.9 Å². The molecular formula is C10H10ClNO2S. The summed E-state index contributed by atoms with van der Waals surface area (Å²) in [5.41, 5.74) is 1.63. The summed E-state index contributed by atoms with van der Waals surface area (Å²) in [6.45, 7) is 1.58. The summed E-state index contributed by atoms with van der Waals surface area (Å²) in [4.78, 5) is 3.02. The summed E-state index contributed by atoms with van der Waals surface area (Å²) in [6.07, 6.45) is 1.69. The van der Waals surface area contributed by atoms with Crippen LogP contribution in [0, 0.1) is 0 Å². The average molecular weight is 244 g/mol. The van der Waals surface area contributed by atoms with Crippen LogP contribution in [-0.2, 0) is 9.05 Å². The molecule has 0 aliphatic rings. The van der Waals surface area contributed by atoms with E-state index in [1.165, 1.54) is 0 Å². The molecular weight excluding hydrogens is 234 g/mol. The molecule has 15 heavy (non-hydrogen) atoms. The molecule has 0 aliphatic heterocycles. The van der Waals surface area contributed by atoms with Crippen LogP contribution in [0.15, 0.2) is 30.5 Å². The number of hydrogen-bond donors (Lipinski definition) is 1. The molecule has 0 amide bonds. The summed E-state index contributed by atoms with van der Waals surface area (Å²) in [5.74, 6) is 0. The molecule has 0 fully saturated rings. The van der Waals surface area contributed by atoms with Crippen LogP contribution in [0.1, 0.15) is 17.7 Å². The van der Waals surface area contributed by atoms with Gasteiger partial charge < -0.3 is 4.98 Å². The molecule has 5 heteroatoms. The highest BCUT2D eigenvalue weighted by Gasteiger charge is 2.22. The first-order valence-electron chi connectivity index (χ1n) is 4.49. The van der Waals surface area contributed by atoms with E-state index in [4.69, 9.17) is 10.7 Å².